The van der Waals surface area contributed by atoms with Crippen molar-refractivity contribution in [2.24, 2.45) is 29.6 Å². The van der Waals surface area contributed by atoms with Gasteiger partial charge in [0.1, 0.15) is 6.04 Å². The molecule has 4 nitrogen and oxygen atoms in total. The molecule has 1 aromatic rings. The number of hydrogen-bond acceptors (Lipinski definition) is 2. The second kappa shape index (κ2) is 5.58. The van der Waals surface area contributed by atoms with Crippen molar-refractivity contribution in [2.45, 2.75) is 57.5 Å². The quantitative estimate of drug-likeness (QED) is 0.832. The summed E-state index contributed by atoms with van der Waals surface area (Å²) in [6.45, 7) is 4.26. The van der Waals surface area contributed by atoms with Crippen LogP contribution in [-0.2, 0) is 4.79 Å². The maximum absolute atomic E-state index is 13.2. The monoisotopic (exact) mass is 352 g/mol. The predicted molar refractivity (Wildman–Crippen MR) is 99.2 cm³/mol. The summed E-state index contributed by atoms with van der Waals surface area (Å²) in [5.74, 6) is 3.50. The van der Waals surface area contributed by atoms with Gasteiger partial charge in [-0.3, -0.25) is 9.69 Å². The van der Waals surface area contributed by atoms with Crippen molar-refractivity contribution in [2.75, 3.05) is 0 Å². The van der Waals surface area contributed by atoms with Crippen LogP contribution in [0.1, 0.15) is 57.6 Å². The number of hydrogen-bond donors (Lipinski definition) is 1. The first-order chi connectivity index (χ1) is 12.4. The molecule has 1 saturated heterocycles. The number of nitrogens with zero attached hydrogens (tertiary/aromatic N) is 1. The molecule has 1 unspecified atom stereocenters. The molecule has 3 amide bonds. The third-order valence-corrected chi connectivity index (χ3v) is 7.69. The molecule has 1 atom stereocenters. The van der Waals surface area contributed by atoms with Crippen LogP contribution in [0.3, 0.4) is 0 Å². The maximum atomic E-state index is 13.2. The molecule has 1 heterocycles. The van der Waals surface area contributed by atoms with E-state index in [9.17, 15) is 9.59 Å². The lowest BCUT2D eigenvalue weighted by molar-refractivity contribution is -0.140. The highest BCUT2D eigenvalue weighted by Gasteiger charge is 2.58. The van der Waals surface area contributed by atoms with Crippen molar-refractivity contribution in [3.63, 3.8) is 0 Å². The minimum atomic E-state index is -0.542. The zero-order valence-electron chi connectivity index (χ0n) is 15.7. The molecule has 0 spiro atoms. The van der Waals surface area contributed by atoms with Crippen molar-refractivity contribution < 1.29 is 9.59 Å². The van der Waals surface area contributed by atoms with E-state index in [2.05, 4.69) is 19.2 Å². The van der Waals surface area contributed by atoms with Gasteiger partial charge in [0.25, 0.3) is 5.91 Å². The van der Waals surface area contributed by atoms with Crippen molar-refractivity contribution in [1.29, 1.82) is 0 Å². The van der Waals surface area contributed by atoms with Gasteiger partial charge in [0, 0.05) is 0 Å². The van der Waals surface area contributed by atoms with E-state index < -0.39 is 11.6 Å². The highest BCUT2D eigenvalue weighted by molar-refractivity contribution is 6.05. The van der Waals surface area contributed by atoms with Gasteiger partial charge in [-0.2, -0.15) is 0 Å². The molecular formula is C22H28N2O2. The first-order valence-corrected chi connectivity index (χ1v) is 10.1. The molecule has 4 saturated carbocycles. The second-order valence-electron chi connectivity index (χ2n) is 9.58. The van der Waals surface area contributed by atoms with Crippen molar-refractivity contribution in [3.8, 4) is 0 Å². The topological polar surface area (TPSA) is 49.4 Å². The molecule has 4 aliphatic carbocycles. The number of nitrogens with one attached hydrogen (secondary N) is 1. The minimum Gasteiger partial charge on any atom is -0.322 e. The predicted octanol–water partition coefficient (Wildman–Crippen LogP) is 4.13. The summed E-state index contributed by atoms with van der Waals surface area (Å²) in [6.07, 6.45) is 6.61. The fourth-order valence-corrected chi connectivity index (χ4v) is 7.12. The lowest BCUT2D eigenvalue weighted by atomic mass is 9.48. The Kier molecular flexibility index (Phi) is 3.51. The molecule has 138 valence electrons. The van der Waals surface area contributed by atoms with Gasteiger partial charge in [0.05, 0.1) is 5.54 Å². The van der Waals surface area contributed by atoms with Gasteiger partial charge in [-0.1, -0.05) is 30.3 Å². The van der Waals surface area contributed by atoms with E-state index in [4.69, 9.17) is 0 Å². The lowest BCUT2D eigenvalue weighted by Gasteiger charge is -2.59. The summed E-state index contributed by atoms with van der Waals surface area (Å²) in [5.41, 5.74) is 0.446. The molecular weight excluding hydrogens is 324 g/mol. The van der Waals surface area contributed by atoms with Gasteiger partial charge < -0.3 is 5.32 Å². The zero-order chi connectivity index (χ0) is 18.1. The Hall–Kier alpha value is -1.84. The number of carbonyl (C=O) groups is 2. The van der Waals surface area contributed by atoms with Gasteiger partial charge in [-0.15, -0.1) is 0 Å². The average molecular weight is 352 g/mol. The van der Waals surface area contributed by atoms with E-state index in [1.54, 1.807) is 4.90 Å². The van der Waals surface area contributed by atoms with Crippen molar-refractivity contribution >= 4 is 11.9 Å². The van der Waals surface area contributed by atoms with Crippen LogP contribution >= 0.6 is 0 Å². The Morgan fingerprint density at radius 1 is 0.923 bits per heavy atom. The van der Waals surface area contributed by atoms with Crippen LogP contribution < -0.4 is 5.32 Å². The zero-order valence-corrected chi connectivity index (χ0v) is 15.7. The summed E-state index contributed by atoms with van der Waals surface area (Å²) >= 11 is 0. The number of carbonyl (C=O) groups excluding carboxylic acids is 2. The molecule has 1 aromatic carbocycles. The Bertz CT molecular complexity index is 714. The summed E-state index contributed by atoms with van der Waals surface area (Å²) in [4.78, 5) is 27.7. The Balaban J connectivity index is 1.45. The first-order valence-electron chi connectivity index (χ1n) is 10.1. The number of rotatable bonds is 3. The van der Waals surface area contributed by atoms with Crippen molar-refractivity contribution in [3.05, 3.63) is 35.9 Å². The van der Waals surface area contributed by atoms with Crippen LogP contribution in [0.15, 0.2) is 30.3 Å². The molecule has 0 radical (unpaired) electrons. The average Bonchev–Trinajstić information content (AvgIpc) is 2.89. The van der Waals surface area contributed by atoms with Crippen LogP contribution in [0.25, 0.3) is 0 Å². The van der Waals surface area contributed by atoms with E-state index in [1.807, 2.05) is 30.3 Å². The van der Waals surface area contributed by atoms with Gasteiger partial charge >= 0.3 is 6.03 Å². The number of urea groups is 1. The Morgan fingerprint density at radius 3 is 2.08 bits per heavy atom. The SMILES string of the molecule is CC(C)(C1C2CC3CC(C2)CC1C3)N1C(=O)NC(c2ccccc2)C1=O. The van der Waals surface area contributed by atoms with Crippen LogP contribution in [0.5, 0.6) is 0 Å². The van der Waals surface area contributed by atoms with Gasteiger partial charge in [-0.05, 0) is 81.1 Å². The highest BCUT2D eigenvalue weighted by Crippen LogP contribution is 2.60. The van der Waals surface area contributed by atoms with Gasteiger partial charge in [0.2, 0.25) is 0 Å². The third kappa shape index (κ3) is 2.27. The van der Waals surface area contributed by atoms with Crippen LogP contribution in [0.2, 0.25) is 0 Å². The van der Waals surface area contributed by atoms with Crippen LogP contribution in [-0.4, -0.2) is 22.4 Å². The second-order valence-corrected chi connectivity index (χ2v) is 9.58. The summed E-state index contributed by atoms with van der Waals surface area (Å²) in [7, 11) is 0. The Morgan fingerprint density at radius 2 is 1.50 bits per heavy atom. The summed E-state index contributed by atoms with van der Waals surface area (Å²) in [6, 6.07) is 8.84. The first kappa shape index (κ1) is 16.3. The van der Waals surface area contributed by atoms with Crippen molar-refractivity contribution in [1.82, 2.24) is 10.2 Å². The summed E-state index contributed by atoms with van der Waals surface area (Å²) < 4.78 is 0. The fraction of sp³-hybridized carbons (Fsp3) is 0.636. The molecule has 4 heteroatoms. The number of benzene rings is 1. The summed E-state index contributed by atoms with van der Waals surface area (Å²) in [5, 5.41) is 2.94. The number of imide groups is 1. The molecule has 1 N–H and O–H groups in total. The van der Waals surface area contributed by atoms with E-state index in [1.165, 1.54) is 32.1 Å². The molecule has 1 aliphatic heterocycles. The largest absolute Gasteiger partial charge is 0.325 e. The molecule has 5 fully saturated rings. The molecule has 6 rings (SSSR count). The van der Waals surface area contributed by atoms with E-state index >= 15 is 0 Å². The fourth-order valence-electron chi connectivity index (χ4n) is 7.12. The van der Waals surface area contributed by atoms with Gasteiger partial charge in [0.15, 0.2) is 0 Å². The third-order valence-electron chi connectivity index (χ3n) is 7.69. The number of amides is 3. The van der Waals surface area contributed by atoms with E-state index in [0.717, 1.165) is 17.4 Å². The lowest BCUT2D eigenvalue weighted by Crippen LogP contribution is -2.61. The minimum absolute atomic E-state index is 0.0833. The molecule has 5 aliphatic rings. The van der Waals surface area contributed by atoms with Crippen LogP contribution in [0.4, 0.5) is 4.79 Å². The molecule has 26 heavy (non-hydrogen) atoms. The molecule has 4 bridgehead atoms. The normalized spacial score (nSPS) is 38.8. The highest BCUT2D eigenvalue weighted by atomic mass is 16.2. The maximum Gasteiger partial charge on any atom is 0.325 e. The smallest absolute Gasteiger partial charge is 0.322 e. The molecule has 0 aromatic heterocycles. The Labute approximate surface area is 155 Å². The van der Waals surface area contributed by atoms with E-state index in [-0.39, 0.29) is 11.9 Å². The van der Waals surface area contributed by atoms with E-state index in [0.29, 0.717) is 17.8 Å². The van der Waals surface area contributed by atoms with Crippen LogP contribution in [0, 0.1) is 29.6 Å². The standard InChI is InChI=1S/C22H28N2O2/c1-22(2,18-16-9-13-8-14(11-16)12-17(18)10-13)24-20(25)19(23-21(24)26)15-6-4-3-5-7-15/h3-7,13-14,16-19H,8-12H2,1-2H3,(H,23,26). The van der Waals surface area contributed by atoms with Gasteiger partial charge in [-0.25, -0.2) is 4.79 Å².